The molecule has 5 nitrogen and oxygen atoms in total. The van der Waals surface area contributed by atoms with Gasteiger partial charge in [-0.25, -0.2) is 4.98 Å². The lowest BCUT2D eigenvalue weighted by atomic mass is 10.3. The first-order valence-corrected chi connectivity index (χ1v) is 8.29. The van der Waals surface area contributed by atoms with Gasteiger partial charge in [0, 0.05) is 11.8 Å². The van der Waals surface area contributed by atoms with Gasteiger partial charge >= 0.3 is 0 Å². The van der Waals surface area contributed by atoms with E-state index < -0.39 is 0 Å². The second kappa shape index (κ2) is 7.59. The van der Waals surface area contributed by atoms with Crippen molar-refractivity contribution in [1.82, 2.24) is 9.97 Å². The molecule has 7 heteroatoms. The fourth-order valence-electron chi connectivity index (χ4n) is 2.30. The molecule has 1 heterocycles. The van der Waals surface area contributed by atoms with Crippen LogP contribution in [0, 0.1) is 6.92 Å². The molecule has 0 saturated carbocycles. The Morgan fingerprint density at radius 1 is 0.920 bits per heavy atom. The van der Waals surface area contributed by atoms with Crippen LogP contribution in [0.2, 0.25) is 10.0 Å². The zero-order valence-electron chi connectivity index (χ0n) is 13.7. The van der Waals surface area contributed by atoms with Crippen LogP contribution in [0.1, 0.15) is 5.69 Å². The molecule has 1 aromatic heterocycles. The van der Waals surface area contributed by atoms with E-state index in [0.717, 1.165) is 17.1 Å². The second-order valence-corrected chi connectivity index (χ2v) is 6.08. The highest BCUT2D eigenvalue weighted by Gasteiger charge is 2.10. The molecule has 0 bridgehead atoms. The van der Waals surface area contributed by atoms with Crippen molar-refractivity contribution in [3.63, 3.8) is 0 Å². The minimum absolute atomic E-state index is 0.396. The summed E-state index contributed by atoms with van der Waals surface area (Å²) in [7, 11) is 1.62. The minimum atomic E-state index is 0.396. The normalized spacial score (nSPS) is 10.4. The summed E-state index contributed by atoms with van der Waals surface area (Å²) in [5, 5.41) is 7.31. The molecule has 3 aromatic rings. The predicted octanol–water partition coefficient (Wildman–Crippen LogP) is 5.59. The third-order valence-corrected chi connectivity index (χ3v) is 4.05. The van der Waals surface area contributed by atoms with Crippen molar-refractivity contribution in [2.24, 2.45) is 0 Å². The number of para-hydroxylation sites is 3. The van der Waals surface area contributed by atoms with Gasteiger partial charge in [0.05, 0.1) is 28.5 Å². The average Bonchev–Trinajstić information content (AvgIpc) is 2.58. The molecule has 0 fully saturated rings. The van der Waals surface area contributed by atoms with Crippen molar-refractivity contribution in [2.45, 2.75) is 6.92 Å². The highest BCUT2D eigenvalue weighted by molar-refractivity contribution is 6.39. The maximum atomic E-state index is 6.19. The van der Waals surface area contributed by atoms with Crippen molar-refractivity contribution in [1.29, 1.82) is 0 Å². The summed E-state index contributed by atoms with van der Waals surface area (Å²) < 4.78 is 5.35. The lowest BCUT2D eigenvalue weighted by Gasteiger charge is -2.13. The van der Waals surface area contributed by atoms with Crippen LogP contribution < -0.4 is 15.4 Å². The van der Waals surface area contributed by atoms with Crippen LogP contribution in [0.25, 0.3) is 0 Å². The van der Waals surface area contributed by atoms with E-state index in [1.165, 1.54) is 0 Å². The summed E-state index contributed by atoms with van der Waals surface area (Å²) in [6.45, 7) is 1.88. The summed E-state index contributed by atoms with van der Waals surface area (Å²) in [6.07, 6.45) is 0. The molecular formula is C18H16Cl2N4O. The molecule has 0 atom stereocenters. The number of rotatable bonds is 5. The summed E-state index contributed by atoms with van der Waals surface area (Å²) in [5.74, 6) is 1.75. The van der Waals surface area contributed by atoms with Crippen molar-refractivity contribution >= 4 is 46.3 Å². The number of halogens is 2. The first-order valence-electron chi connectivity index (χ1n) is 7.53. The molecular weight excluding hydrogens is 359 g/mol. The average molecular weight is 375 g/mol. The van der Waals surface area contributed by atoms with Gasteiger partial charge in [-0.3, -0.25) is 0 Å². The van der Waals surface area contributed by atoms with Gasteiger partial charge in [-0.05, 0) is 31.2 Å². The van der Waals surface area contributed by atoms with Gasteiger partial charge in [-0.2, -0.15) is 4.98 Å². The number of benzene rings is 2. The first-order chi connectivity index (χ1) is 12.1. The molecule has 25 heavy (non-hydrogen) atoms. The Bertz CT molecular complexity index is 882. The van der Waals surface area contributed by atoms with E-state index in [1.807, 2.05) is 37.3 Å². The molecule has 0 aliphatic carbocycles. The lowest BCUT2D eigenvalue weighted by Crippen LogP contribution is -2.03. The molecule has 2 aromatic carbocycles. The number of anilines is 4. The Morgan fingerprint density at radius 3 is 2.36 bits per heavy atom. The molecule has 0 saturated heterocycles. The van der Waals surface area contributed by atoms with E-state index >= 15 is 0 Å². The predicted molar refractivity (Wildman–Crippen MR) is 103 cm³/mol. The van der Waals surface area contributed by atoms with Gasteiger partial charge in [-0.15, -0.1) is 0 Å². The Labute approximate surface area is 156 Å². The van der Waals surface area contributed by atoms with Gasteiger partial charge in [-0.1, -0.05) is 41.4 Å². The number of hydrogen-bond donors (Lipinski definition) is 2. The largest absolute Gasteiger partial charge is 0.495 e. The van der Waals surface area contributed by atoms with Crippen LogP contribution in [-0.2, 0) is 0 Å². The van der Waals surface area contributed by atoms with Crippen molar-refractivity contribution in [3.8, 4) is 5.75 Å². The van der Waals surface area contributed by atoms with Crippen molar-refractivity contribution in [3.05, 3.63) is 64.3 Å². The van der Waals surface area contributed by atoms with Gasteiger partial charge in [0.25, 0.3) is 0 Å². The number of aromatic nitrogens is 2. The Balaban J connectivity index is 1.91. The maximum absolute atomic E-state index is 6.19. The molecule has 0 spiro atoms. The van der Waals surface area contributed by atoms with Crippen LogP contribution >= 0.6 is 23.2 Å². The second-order valence-electron chi connectivity index (χ2n) is 5.27. The van der Waals surface area contributed by atoms with Crippen molar-refractivity contribution < 1.29 is 4.74 Å². The Kier molecular flexibility index (Phi) is 5.26. The zero-order chi connectivity index (χ0) is 17.8. The molecule has 0 aliphatic heterocycles. The number of nitrogens with zero attached hydrogens (tertiary/aromatic N) is 2. The minimum Gasteiger partial charge on any atom is -0.495 e. The molecule has 0 radical (unpaired) electrons. The molecule has 128 valence electrons. The standard InChI is InChI=1S/C18H16Cl2N4O/c1-11-10-16(22-14-8-3-4-9-15(14)25-2)23-18(21-11)24-17-12(19)6-5-7-13(17)20/h3-10H,1-2H3,(H2,21,22,23,24). The lowest BCUT2D eigenvalue weighted by molar-refractivity contribution is 0.417. The van der Waals surface area contributed by atoms with E-state index in [1.54, 1.807) is 25.3 Å². The van der Waals surface area contributed by atoms with Gasteiger partial charge < -0.3 is 15.4 Å². The van der Waals surface area contributed by atoms with Gasteiger partial charge in [0.15, 0.2) is 0 Å². The number of aryl methyl sites for hydroxylation is 1. The van der Waals surface area contributed by atoms with E-state index in [4.69, 9.17) is 27.9 Å². The monoisotopic (exact) mass is 374 g/mol. The smallest absolute Gasteiger partial charge is 0.229 e. The number of ether oxygens (including phenoxy) is 1. The van der Waals surface area contributed by atoms with Gasteiger partial charge in [0.2, 0.25) is 5.95 Å². The Hall–Kier alpha value is -2.50. The van der Waals surface area contributed by atoms with Crippen LogP contribution in [0.4, 0.5) is 23.1 Å². The maximum Gasteiger partial charge on any atom is 0.229 e. The Morgan fingerprint density at radius 2 is 1.64 bits per heavy atom. The summed E-state index contributed by atoms with van der Waals surface area (Å²) in [6, 6.07) is 14.7. The molecule has 3 rings (SSSR count). The van der Waals surface area contributed by atoms with E-state index in [9.17, 15) is 0 Å². The zero-order valence-corrected chi connectivity index (χ0v) is 15.2. The third kappa shape index (κ3) is 4.13. The molecule has 2 N–H and O–H groups in total. The summed E-state index contributed by atoms with van der Waals surface area (Å²) in [5.41, 5.74) is 2.17. The van der Waals surface area contributed by atoms with Crippen molar-refractivity contribution in [2.75, 3.05) is 17.7 Å². The summed E-state index contributed by atoms with van der Waals surface area (Å²) >= 11 is 12.4. The van der Waals surface area contributed by atoms with E-state index in [2.05, 4.69) is 20.6 Å². The topological polar surface area (TPSA) is 59.1 Å². The third-order valence-electron chi connectivity index (χ3n) is 3.42. The SMILES string of the molecule is COc1ccccc1Nc1cc(C)nc(Nc2c(Cl)cccc2Cl)n1. The molecule has 0 aliphatic rings. The van der Waals surface area contributed by atoms with Crippen LogP contribution in [0.5, 0.6) is 5.75 Å². The highest BCUT2D eigenvalue weighted by atomic mass is 35.5. The number of nitrogens with one attached hydrogen (secondary N) is 2. The van der Waals surface area contributed by atoms with E-state index in [-0.39, 0.29) is 0 Å². The number of hydrogen-bond acceptors (Lipinski definition) is 5. The molecule has 0 unspecified atom stereocenters. The number of methoxy groups -OCH3 is 1. The fraction of sp³-hybridized carbons (Fsp3) is 0.111. The van der Waals surface area contributed by atoms with E-state index in [0.29, 0.717) is 27.5 Å². The fourth-order valence-corrected chi connectivity index (χ4v) is 2.80. The summed E-state index contributed by atoms with van der Waals surface area (Å²) in [4.78, 5) is 8.86. The van der Waals surface area contributed by atoms with Crippen LogP contribution in [0.15, 0.2) is 48.5 Å². The van der Waals surface area contributed by atoms with Crippen LogP contribution in [0.3, 0.4) is 0 Å². The molecule has 0 amide bonds. The van der Waals surface area contributed by atoms with Crippen LogP contribution in [-0.4, -0.2) is 17.1 Å². The highest BCUT2D eigenvalue weighted by Crippen LogP contribution is 2.32. The first kappa shape index (κ1) is 17.3. The van der Waals surface area contributed by atoms with Gasteiger partial charge in [0.1, 0.15) is 11.6 Å². The quantitative estimate of drug-likeness (QED) is 0.609.